The van der Waals surface area contributed by atoms with Gasteiger partial charge in [0.15, 0.2) is 5.78 Å². The molecule has 1 aromatic carbocycles. The van der Waals surface area contributed by atoms with Crippen molar-refractivity contribution in [1.82, 2.24) is 0 Å². The summed E-state index contributed by atoms with van der Waals surface area (Å²) in [6.07, 6.45) is 0. The first-order valence-electron chi connectivity index (χ1n) is 3.83. The monoisotopic (exact) mass is 261 g/mol. The number of hydrogen-bond donors (Lipinski definition) is 1. The Morgan fingerprint density at radius 2 is 2.29 bits per heavy atom. The molecule has 0 atom stereocenters. The average molecular weight is 262 g/mol. The van der Waals surface area contributed by atoms with E-state index in [1.54, 1.807) is 0 Å². The summed E-state index contributed by atoms with van der Waals surface area (Å²) in [4.78, 5) is 11.4. The van der Waals surface area contributed by atoms with Crippen molar-refractivity contribution in [2.45, 2.75) is 0 Å². The number of hydrogen-bond acceptors (Lipinski definition) is 3. The quantitative estimate of drug-likeness (QED) is 0.515. The first kappa shape index (κ1) is 11.0. The number of nitrogens with two attached hydrogens (primary N) is 1. The lowest BCUT2D eigenvalue weighted by molar-refractivity contribution is 0.102. The SMILES string of the molecule is COc1ccc(F)c(N)c1C(=O)CBr. The topological polar surface area (TPSA) is 52.3 Å². The van der Waals surface area contributed by atoms with Crippen molar-refractivity contribution in [2.24, 2.45) is 0 Å². The van der Waals surface area contributed by atoms with E-state index in [1.165, 1.54) is 19.2 Å². The molecule has 14 heavy (non-hydrogen) atoms. The number of carbonyl (C=O) groups excluding carboxylic acids is 1. The number of anilines is 1. The molecule has 0 aliphatic carbocycles. The van der Waals surface area contributed by atoms with Crippen molar-refractivity contribution < 1.29 is 13.9 Å². The van der Waals surface area contributed by atoms with Gasteiger partial charge in [-0.15, -0.1) is 0 Å². The van der Waals surface area contributed by atoms with Crippen molar-refractivity contribution in [3.05, 3.63) is 23.5 Å². The van der Waals surface area contributed by atoms with E-state index in [9.17, 15) is 9.18 Å². The van der Waals surface area contributed by atoms with E-state index in [2.05, 4.69) is 15.9 Å². The Balaban J connectivity index is 3.35. The Morgan fingerprint density at radius 1 is 1.64 bits per heavy atom. The summed E-state index contributed by atoms with van der Waals surface area (Å²) in [7, 11) is 1.40. The van der Waals surface area contributed by atoms with Gasteiger partial charge in [-0.05, 0) is 12.1 Å². The number of nitrogen functional groups attached to an aromatic ring is 1. The molecule has 0 fully saturated rings. The van der Waals surface area contributed by atoms with Gasteiger partial charge in [-0.25, -0.2) is 4.39 Å². The fourth-order valence-corrected chi connectivity index (χ4v) is 1.38. The Kier molecular flexibility index (Phi) is 3.46. The van der Waals surface area contributed by atoms with Gasteiger partial charge in [0.05, 0.1) is 23.7 Å². The van der Waals surface area contributed by atoms with E-state index in [0.29, 0.717) is 0 Å². The number of carbonyl (C=O) groups is 1. The summed E-state index contributed by atoms with van der Waals surface area (Å²) in [5, 5.41) is 0.0804. The van der Waals surface area contributed by atoms with Crippen molar-refractivity contribution in [3.63, 3.8) is 0 Å². The van der Waals surface area contributed by atoms with Gasteiger partial charge >= 0.3 is 0 Å². The number of benzene rings is 1. The summed E-state index contributed by atoms with van der Waals surface area (Å²) < 4.78 is 18.0. The fourth-order valence-electron chi connectivity index (χ4n) is 1.10. The van der Waals surface area contributed by atoms with Gasteiger partial charge < -0.3 is 10.5 Å². The van der Waals surface area contributed by atoms with Gasteiger partial charge in [-0.1, -0.05) is 15.9 Å². The van der Waals surface area contributed by atoms with Crippen molar-refractivity contribution in [2.75, 3.05) is 18.2 Å². The molecule has 5 heteroatoms. The first-order valence-corrected chi connectivity index (χ1v) is 4.95. The molecule has 0 saturated carbocycles. The Labute approximate surface area is 89.2 Å². The predicted molar refractivity (Wildman–Crippen MR) is 55.5 cm³/mol. The second kappa shape index (κ2) is 4.41. The van der Waals surface area contributed by atoms with Crippen LogP contribution in [0.5, 0.6) is 5.75 Å². The molecule has 0 saturated heterocycles. The Bertz CT molecular complexity index is 368. The summed E-state index contributed by atoms with van der Waals surface area (Å²) in [5.41, 5.74) is 5.35. The smallest absolute Gasteiger partial charge is 0.179 e. The van der Waals surface area contributed by atoms with Gasteiger partial charge in [0.1, 0.15) is 11.6 Å². The predicted octanol–water partition coefficient (Wildman–Crippen LogP) is 1.99. The Morgan fingerprint density at radius 3 is 2.79 bits per heavy atom. The van der Waals surface area contributed by atoms with Crippen LogP contribution in [0, 0.1) is 5.82 Å². The van der Waals surface area contributed by atoms with Gasteiger partial charge in [-0.3, -0.25) is 4.79 Å². The molecule has 0 heterocycles. The minimum absolute atomic E-state index is 0.0804. The minimum atomic E-state index is -0.616. The van der Waals surface area contributed by atoms with Crippen molar-refractivity contribution in [3.8, 4) is 5.75 Å². The molecule has 0 spiro atoms. The molecule has 0 aromatic heterocycles. The zero-order valence-corrected chi connectivity index (χ0v) is 9.10. The zero-order valence-electron chi connectivity index (χ0n) is 7.51. The third kappa shape index (κ3) is 1.87. The molecular weight excluding hydrogens is 253 g/mol. The van der Waals surface area contributed by atoms with Crippen molar-refractivity contribution in [1.29, 1.82) is 0 Å². The molecule has 0 aliphatic heterocycles. The lowest BCUT2D eigenvalue weighted by Gasteiger charge is -2.09. The van der Waals surface area contributed by atoms with E-state index in [-0.39, 0.29) is 28.1 Å². The number of Topliss-reactive ketones (excluding diaryl/α,β-unsaturated/α-hetero) is 1. The highest BCUT2D eigenvalue weighted by atomic mass is 79.9. The van der Waals surface area contributed by atoms with E-state index in [4.69, 9.17) is 10.5 Å². The van der Waals surface area contributed by atoms with Crippen molar-refractivity contribution >= 4 is 27.4 Å². The molecule has 2 N–H and O–H groups in total. The third-order valence-electron chi connectivity index (χ3n) is 1.77. The molecule has 0 radical (unpaired) electrons. The highest BCUT2D eigenvalue weighted by Crippen LogP contribution is 2.27. The van der Waals surface area contributed by atoms with Gasteiger partial charge in [0.2, 0.25) is 0 Å². The number of alkyl halides is 1. The van der Waals surface area contributed by atoms with Gasteiger partial charge in [0, 0.05) is 0 Å². The third-order valence-corrected chi connectivity index (χ3v) is 2.28. The van der Waals surface area contributed by atoms with Crippen LogP contribution < -0.4 is 10.5 Å². The van der Waals surface area contributed by atoms with Crippen LogP contribution in [0.25, 0.3) is 0 Å². The molecule has 1 rings (SSSR count). The van der Waals surface area contributed by atoms with Crippen LogP contribution in [-0.2, 0) is 0 Å². The maximum atomic E-state index is 13.0. The van der Waals surface area contributed by atoms with E-state index in [1.807, 2.05) is 0 Å². The van der Waals surface area contributed by atoms with E-state index >= 15 is 0 Å². The van der Waals surface area contributed by atoms with Crippen LogP contribution in [0.3, 0.4) is 0 Å². The fraction of sp³-hybridized carbons (Fsp3) is 0.222. The second-order valence-electron chi connectivity index (χ2n) is 2.60. The molecular formula is C9H9BrFNO2. The standard InChI is InChI=1S/C9H9BrFNO2/c1-14-7-3-2-5(11)9(12)8(7)6(13)4-10/h2-3H,4,12H2,1H3. The number of halogens is 2. The number of ether oxygens (including phenoxy) is 1. The van der Waals surface area contributed by atoms with Gasteiger partial charge in [-0.2, -0.15) is 0 Å². The minimum Gasteiger partial charge on any atom is -0.496 e. The highest BCUT2D eigenvalue weighted by Gasteiger charge is 2.17. The number of ketones is 1. The largest absolute Gasteiger partial charge is 0.496 e. The molecule has 0 unspecified atom stereocenters. The molecule has 1 aromatic rings. The molecule has 0 bridgehead atoms. The first-order chi connectivity index (χ1) is 6.61. The zero-order chi connectivity index (χ0) is 10.7. The summed E-state index contributed by atoms with van der Waals surface area (Å²) in [5.74, 6) is -0.637. The molecule has 76 valence electrons. The maximum Gasteiger partial charge on any atom is 0.179 e. The van der Waals surface area contributed by atoms with E-state index < -0.39 is 5.82 Å². The van der Waals surface area contributed by atoms with Crippen LogP contribution in [0.4, 0.5) is 10.1 Å². The van der Waals surface area contributed by atoms with Gasteiger partial charge in [0.25, 0.3) is 0 Å². The maximum absolute atomic E-state index is 13.0. The molecule has 0 aliphatic rings. The highest BCUT2D eigenvalue weighted by molar-refractivity contribution is 9.09. The van der Waals surface area contributed by atoms with Crippen LogP contribution in [0.1, 0.15) is 10.4 Å². The number of methoxy groups -OCH3 is 1. The Hall–Kier alpha value is -1.10. The van der Waals surface area contributed by atoms with Crippen LogP contribution in [0.2, 0.25) is 0 Å². The normalized spacial score (nSPS) is 9.93. The number of rotatable bonds is 3. The lowest BCUT2D eigenvalue weighted by Crippen LogP contribution is -2.08. The van der Waals surface area contributed by atoms with Crippen LogP contribution in [0.15, 0.2) is 12.1 Å². The van der Waals surface area contributed by atoms with Crippen LogP contribution in [-0.4, -0.2) is 18.2 Å². The molecule has 0 amide bonds. The summed E-state index contributed by atoms with van der Waals surface area (Å²) in [6, 6.07) is 2.54. The second-order valence-corrected chi connectivity index (χ2v) is 3.16. The average Bonchev–Trinajstić information content (AvgIpc) is 2.20. The van der Waals surface area contributed by atoms with E-state index in [0.717, 1.165) is 0 Å². The molecule has 3 nitrogen and oxygen atoms in total. The lowest BCUT2D eigenvalue weighted by atomic mass is 10.1. The van der Waals surface area contributed by atoms with Crippen LogP contribution >= 0.6 is 15.9 Å². The summed E-state index contributed by atoms with van der Waals surface area (Å²) >= 11 is 2.99. The summed E-state index contributed by atoms with van der Waals surface area (Å²) in [6.45, 7) is 0.